The molecule has 0 fully saturated rings. The molecule has 0 aliphatic heterocycles. The van der Waals surface area contributed by atoms with E-state index < -0.39 is 40.4 Å². The van der Waals surface area contributed by atoms with Crippen LogP contribution in [0.3, 0.4) is 0 Å². The number of carboxylic acids is 2. The number of aromatic amines is 1. The number of nitrogens with one attached hydrogen (secondary N) is 1. The summed E-state index contributed by atoms with van der Waals surface area (Å²) in [5.74, 6) is -3.30. The fourth-order valence-corrected chi connectivity index (χ4v) is 3.42. The predicted molar refractivity (Wildman–Crippen MR) is 126 cm³/mol. The minimum absolute atomic E-state index is 0.0663. The summed E-state index contributed by atoms with van der Waals surface area (Å²) in [7, 11) is 2.61. The van der Waals surface area contributed by atoms with E-state index in [1.54, 1.807) is 18.2 Å². The first-order valence-corrected chi connectivity index (χ1v) is 10.3. The van der Waals surface area contributed by atoms with Crippen LogP contribution in [0, 0.1) is 0 Å². The molecule has 1 aromatic heterocycles. The number of aromatic carboxylic acids is 2. The van der Waals surface area contributed by atoms with E-state index in [2.05, 4.69) is 4.74 Å². The number of carboxylic acid groups (broad SMARTS) is 2. The number of carbonyl (C=O) groups is 3. The van der Waals surface area contributed by atoms with Gasteiger partial charge in [0.05, 0.1) is 19.8 Å². The van der Waals surface area contributed by atoms with Gasteiger partial charge in [0.1, 0.15) is 35.9 Å². The van der Waals surface area contributed by atoms with Crippen molar-refractivity contribution in [1.82, 2.24) is 4.98 Å². The number of anilines is 1. The largest absolute Gasteiger partial charge is 0.493 e. The third-order valence-electron chi connectivity index (χ3n) is 4.99. The number of hydrogen-bond acceptors (Lipinski definition) is 9. The standard InChI is InChI=1S/C24H22N2O10/c1-33-16-11-12(17-18(22(28)29)20(25)26-21(27)19(17)23(30)31)6-7-15(16)36-9-8-35-14-5-3-4-13(10-14)24(32)34-2/h3-7,10-11H,8-9H2,1-2H3,(H,28,29)(H,30,31)(H3,25,26,27). The number of esters is 1. The number of aromatic nitrogens is 1. The summed E-state index contributed by atoms with van der Waals surface area (Å²) in [6.07, 6.45) is 0. The molecule has 0 atom stereocenters. The van der Waals surface area contributed by atoms with Gasteiger partial charge in [-0.3, -0.25) is 4.79 Å². The molecular weight excluding hydrogens is 476 g/mol. The second-order valence-electron chi connectivity index (χ2n) is 7.19. The summed E-state index contributed by atoms with van der Waals surface area (Å²) in [4.78, 5) is 49.4. The van der Waals surface area contributed by atoms with Crippen LogP contribution in [-0.2, 0) is 4.74 Å². The van der Waals surface area contributed by atoms with Crippen LogP contribution in [0.4, 0.5) is 5.82 Å². The van der Waals surface area contributed by atoms with Gasteiger partial charge >= 0.3 is 17.9 Å². The Labute approximate surface area is 203 Å². The summed E-state index contributed by atoms with van der Waals surface area (Å²) in [6.45, 7) is 0.170. The molecule has 0 amide bonds. The first kappa shape index (κ1) is 25.6. The van der Waals surface area contributed by atoms with Crippen molar-refractivity contribution >= 4 is 23.7 Å². The maximum absolute atomic E-state index is 12.2. The maximum Gasteiger partial charge on any atom is 0.342 e. The molecule has 0 aliphatic carbocycles. The Morgan fingerprint density at radius 2 is 1.61 bits per heavy atom. The van der Waals surface area contributed by atoms with Gasteiger partial charge in [0.15, 0.2) is 11.5 Å². The Morgan fingerprint density at radius 1 is 0.917 bits per heavy atom. The number of nitrogens with two attached hydrogens (primary N) is 1. The normalized spacial score (nSPS) is 10.4. The smallest absolute Gasteiger partial charge is 0.342 e. The fourth-order valence-electron chi connectivity index (χ4n) is 3.42. The molecule has 0 unspecified atom stereocenters. The number of ether oxygens (including phenoxy) is 4. The van der Waals surface area contributed by atoms with E-state index in [0.717, 1.165) is 0 Å². The molecule has 3 rings (SSSR count). The van der Waals surface area contributed by atoms with E-state index in [0.29, 0.717) is 11.3 Å². The molecule has 5 N–H and O–H groups in total. The topological polar surface area (TPSA) is 187 Å². The number of nitrogen functional groups attached to an aromatic ring is 1. The van der Waals surface area contributed by atoms with Gasteiger partial charge in [-0.1, -0.05) is 12.1 Å². The van der Waals surface area contributed by atoms with Crippen molar-refractivity contribution in [2.75, 3.05) is 33.2 Å². The summed E-state index contributed by atoms with van der Waals surface area (Å²) in [6, 6.07) is 10.6. The lowest BCUT2D eigenvalue weighted by molar-refractivity contribution is 0.0598. The zero-order chi connectivity index (χ0) is 26.4. The molecule has 2 aromatic carbocycles. The quantitative estimate of drug-likeness (QED) is 0.237. The van der Waals surface area contributed by atoms with Crippen molar-refractivity contribution in [1.29, 1.82) is 0 Å². The fraction of sp³-hybridized carbons (Fsp3) is 0.167. The van der Waals surface area contributed by atoms with Crippen LogP contribution in [0.5, 0.6) is 17.2 Å². The molecule has 3 aromatic rings. The SMILES string of the molecule is COC(=O)c1cccc(OCCOc2ccc(-c3c(C(=O)O)c(N)[nH]c(=O)c3C(=O)O)cc2OC)c1. The molecule has 36 heavy (non-hydrogen) atoms. The van der Waals surface area contributed by atoms with E-state index in [4.69, 9.17) is 19.9 Å². The summed E-state index contributed by atoms with van der Waals surface area (Å²) in [5.41, 5.74) is 3.31. The number of carbonyl (C=O) groups excluding carboxylic acids is 1. The first-order chi connectivity index (χ1) is 17.2. The average molecular weight is 498 g/mol. The molecule has 0 bridgehead atoms. The van der Waals surface area contributed by atoms with Gasteiger partial charge in [0.25, 0.3) is 5.56 Å². The predicted octanol–water partition coefficient (Wildman–Crippen LogP) is 2.27. The van der Waals surface area contributed by atoms with Crippen molar-refractivity contribution < 1.29 is 43.5 Å². The highest BCUT2D eigenvalue weighted by Gasteiger charge is 2.27. The van der Waals surface area contributed by atoms with E-state index in [-0.39, 0.29) is 35.8 Å². The molecule has 0 saturated carbocycles. The van der Waals surface area contributed by atoms with Crippen molar-refractivity contribution in [3.8, 4) is 28.4 Å². The lowest BCUT2D eigenvalue weighted by Crippen LogP contribution is -2.24. The maximum atomic E-state index is 12.2. The second-order valence-corrected chi connectivity index (χ2v) is 7.19. The molecule has 188 valence electrons. The van der Waals surface area contributed by atoms with E-state index >= 15 is 0 Å². The Hall–Kier alpha value is -5.00. The van der Waals surface area contributed by atoms with Gasteiger partial charge in [0, 0.05) is 5.56 Å². The summed E-state index contributed by atoms with van der Waals surface area (Å²) >= 11 is 0. The van der Waals surface area contributed by atoms with Crippen LogP contribution in [-0.4, -0.2) is 60.5 Å². The molecule has 1 heterocycles. The number of rotatable bonds is 10. The Balaban J connectivity index is 1.84. The third-order valence-corrected chi connectivity index (χ3v) is 4.99. The molecule has 0 saturated heterocycles. The lowest BCUT2D eigenvalue weighted by Gasteiger charge is -2.15. The number of benzene rings is 2. The lowest BCUT2D eigenvalue weighted by atomic mass is 9.95. The number of hydrogen-bond donors (Lipinski definition) is 4. The summed E-state index contributed by atoms with van der Waals surface area (Å²) in [5, 5.41) is 19.1. The Kier molecular flexibility index (Phi) is 7.79. The van der Waals surface area contributed by atoms with Crippen LogP contribution in [0.2, 0.25) is 0 Å². The average Bonchev–Trinajstić information content (AvgIpc) is 2.85. The van der Waals surface area contributed by atoms with Gasteiger partial charge < -0.3 is 39.9 Å². The van der Waals surface area contributed by atoms with Crippen molar-refractivity contribution in [2.24, 2.45) is 0 Å². The van der Waals surface area contributed by atoms with Crippen LogP contribution in [0.15, 0.2) is 47.3 Å². The van der Waals surface area contributed by atoms with Crippen LogP contribution in [0.1, 0.15) is 31.1 Å². The monoisotopic (exact) mass is 498 g/mol. The first-order valence-electron chi connectivity index (χ1n) is 10.3. The van der Waals surface area contributed by atoms with Gasteiger partial charge in [-0.2, -0.15) is 0 Å². The van der Waals surface area contributed by atoms with Crippen molar-refractivity contribution in [3.63, 3.8) is 0 Å². The molecule has 12 nitrogen and oxygen atoms in total. The van der Waals surface area contributed by atoms with Crippen LogP contribution >= 0.6 is 0 Å². The zero-order valence-corrected chi connectivity index (χ0v) is 19.2. The molecule has 0 spiro atoms. The van der Waals surface area contributed by atoms with E-state index in [9.17, 15) is 29.4 Å². The Morgan fingerprint density at radius 3 is 2.25 bits per heavy atom. The van der Waals surface area contributed by atoms with Gasteiger partial charge in [-0.05, 0) is 35.9 Å². The second kappa shape index (κ2) is 11.0. The van der Waals surface area contributed by atoms with Crippen LogP contribution < -0.4 is 25.5 Å². The summed E-state index contributed by atoms with van der Waals surface area (Å²) < 4.78 is 21.2. The van der Waals surface area contributed by atoms with Gasteiger partial charge in [-0.25, -0.2) is 14.4 Å². The highest BCUT2D eigenvalue weighted by Crippen LogP contribution is 2.36. The van der Waals surface area contributed by atoms with E-state index in [1.165, 1.54) is 38.5 Å². The highest BCUT2D eigenvalue weighted by atomic mass is 16.5. The van der Waals surface area contributed by atoms with Gasteiger partial charge in [0.2, 0.25) is 0 Å². The highest BCUT2D eigenvalue weighted by molar-refractivity contribution is 6.07. The molecule has 0 radical (unpaired) electrons. The van der Waals surface area contributed by atoms with Crippen molar-refractivity contribution in [2.45, 2.75) is 0 Å². The Bertz CT molecular complexity index is 1380. The molecular formula is C24H22N2O10. The minimum Gasteiger partial charge on any atom is -0.493 e. The van der Waals surface area contributed by atoms with Gasteiger partial charge in [-0.15, -0.1) is 0 Å². The minimum atomic E-state index is -1.62. The zero-order valence-electron chi connectivity index (χ0n) is 19.2. The third kappa shape index (κ3) is 5.38. The number of H-pyrrole nitrogens is 1. The number of methoxy groups -OCH3 is 2. The van der Waals surface area contributed by atoms with Crippen LogP contribution in [0.25, 0.3) is 11.1 Å². The molecule has 12 heteroatoms. The van der Waals surface area contributed by atoms with Crippen molar-refractivity contribution in [3.05, 3.63) is 69.5 Å². The number of pyridine rings is 1. The van der Waals surface area contributed by atoms with E-state index in [1.807, 2.05) is 4.98 Å². The molecule has 0 aliphatic rings.